The van der Waals surface area contributed by atoms with Crippen molar-refractivity contribution in [3.8, 4) is 17.6 Å². The molecule has 1 aromatic carbocycles. The summed E-state index contributed by atoms with van der Waals surface area (Å²) in [5.74, 6) is 2.78. The molecule has 2 aliphatic rings. The van der Waals surface area contributed by atoms with Crippen molar-refractivity contribution in [2.45, 2.75) is 32.4 Å². The Morgan fingerprint density at radius 3 is 2.72 bits per heavy atom. The number of aryl methyl sites for hydroxylation is 1. The van der Waals surface area contributed by atoms with Crippen LogP contribution in [0.3, 0.4) is 0 Å². The van der Waals surface area contributed by atoms with Crippen molar-refractivity contribution in [2.75, 3.05) is 30.4 Å². The fraction of sp³-hybridized carbons (Fsp3) is 0.455. The quantitative estimate of drug-likeness (QED) is 0.574. The van der Waals surface area contributed by atoms with E-state index in [-0.39, 0.29) is 0 Å². The molecule has 2 fully saturated rings. The Balaban J connectivity index is 1.29. The summed E-state index contributed by atoms with van der Waals surface area (Å²) in [5, 5.41) is 16.9. The molecule has 168 valence electrons. The molecule has 2 bridgehead atoms. The topological polar surface area (TPSA) is 90.2 Å². The Hall–Kier alpha value is -3.07. The number of hydrogen-bond donors (Lipinski definition) is 1. The Kier molecular flexibility index (Phi) is 5.73. The minimum absolute atomic E-state index is 0.328. The summed E-state index contributed by atoms with van der Waals surface area (Å²) >= 11 is 6.08. The van der Waals surface area contributed by atoms with Crippen LogP contribution in [0.25, 0.3) is 0 Å². The van der Waals surface area contributed by atoms with E-state index in [0.717, 1.165) is 18.8 Å². The van der Waals surface area contributed by atoms with E-state index in [1.807, 2.05) is 31.2 Å². The predicted octanol–water partition coefficient (Wildman–Crippen LogP) is 3.87. The number of hydrogen-bond acceptors (Lipinski definition) is 8. The van der Waals surface area contributed by atoms with Crippen molar-refractivity contribution in [2.24, 2.45) is 11.8 Å². The summed E-state index contributed by atoms with van der Waals surface area (Å²) in [6.45, 7) is 4.57. The predicted molar refractivity (Wildman–Crippen MR) is 122 cm³/mol. The van der Waals surface area contributed by atoms with Crippen LogP contribution in [-0.2, 0) is 6.54 Å². The van der Waals surface area contributed by atoms with Gasteiger partial charge >= 0.3 is 6.01 Å². The first-order chi connectivity index (χ1) is 15.6. The molecule has 3 aromatic rings. The van der Waals surface area contributed by atoms with Crippen LogP contribution in [0.5, 0.6) is 17.6 Å². The lowest BCUT2D eigenvalue weighted by Crippen LogP contribution is -2.48. The molecule has 2 unspecified atom stereocenters. The van der Waals surface area contributed by atoms with Crippen LogP contribution in [0.2, 0.25) is 5.02 Å². The highest BCUT2D eigenvalue weighted by Gasteiger charge is 2.42. The van der Waals surface area contributed by atoms with Gasteiger partial charge in [0.15, 0.2) is 0 Å². The van der Waals surface area contributed by atoms with Crippen LogP contribution in [0, 0.1) is 11.8 Å². The Morgan fingerprint density at radius 1 is 1.19 bits per heavy atom. The van der Waals surface area contributed by atoms with E-state index < -0.39 is 0 Å². The van der Waals surface area contributed by atoms with Gasteiger partial charge in [0.1, 0.15) is 5.75 Å². The van der Waals surface area contributed by atoms with Crippen LogP contribution < -0.4 is 19.7 Å². The lowest BCUT2D eigenvalue weighted by atomic mass is 9.92. The first-order valence-corrected chi connectivity index (χ1v) is 11.3. The van der Waals surface area contributed by atoms with E-state index in [4.69, 9.17) is 21.1 Å². The molecule has 2 atom stereocenters. The third-order valence-electron chi connectivity index (χ3n) is 6.26. The number of benzene rings is 1. The van der Waals surface area contributed by atoms with Crippen LogP contribution in [0.15, 0.2) is 36.5 Å². The highest BCUT2D eigenvalue weighted by molar-refractivity contribution is 6.30. The van der Waals surface area contributed by atoms with Crippen molar-refractivity contribution in [3.05, 3.63) is 41.6 Å². The molecular formula is C22H26ClN7O2. The minimum atomic E-state index is 0.328. The normalized spacial score (nSPS) is 22.1. The van der Waals surface area contributed by atoms with Crippen LogP contribution in [-0.4, -0.2) is 51.2 Å². The lowest BCUT2D eigenvalue weighted by molar-refractivity contribution is 0.372. The van der Waals surface area contributed by atoms with Gasteiger partial charge in [-0.15, -0.1) is 10.2 Å². The van der Waals surface area contributed by atoms with Crippen LogP contribution in [0.4, 0.5) is 11.6 Å². The molecule has 1 saturated heterocycles. The number of piperidine rings is 1. The van der Waals surface area contributed by atoms with Gasteiger partial charge < -0.3 is 19.7 Å². The number of aromatic nitrogens is 5. The van der Waals surface area contributed by atoms with E-state index in [2.05, 4.69) is 30.5 Å². The molecule has 0 amide bonds. The fourth-order valence-electron chi connectivity index (χ4n) is 4.73. The summed E-state index contributed by atoms with van der Waals surface area (Å²) < 4.78 is 12.9. The second-order valence-electron chi connectivity index (χ2n) is 8.22. The van der Waals surface area contributed by atoms with Crippen LogP contribution in [0.1, 0.15) is 19.8 Å². The average Bonchev–Trinajstić information content (AvgIpc) is 3.28. The van der Waals surface area contributed by atoms with E-state index in [9.17, 15) is 0 Å². The highest BCUT2D eigenvalue weighted by Crippen LogP contribution is 2.40. The molecule has 1 aliphatic carbocycles. The van der Waals surface area contributed by atoms with Gasteiger partial charge in [-0.3, -0.25) is 0 Å². The van der Waals surface area contributed by atoms with Crippen molar-refractivity contribution in [1.29, 1.82) is 0 Å². The summed E-state index contributed by atoms with van der Waals surface area (Å²) in [7, 11) is 1.61. The van der Waals surface area contributed by atoms with Crippen molar-refractivity contribution >= 4 is 23.2 Å². The largest absolute Gasteiger partial charge is 0.480 e. The highest BCUT2D eigenvalue weighted by atomic mass is 35.5. The average molecular weight is 456 g/mol. The maximum absolute atomic E-state index is 6.08. The zero-order valence-corrected chi connectivity index (χ0v) is 18.9. The van der Waals surface area contributed by atoms with E-state index in [1.54, 1.807) is 24.1 Å². The number of nitrogens with zero attached hydrogens (tertiary/aromatic N) is 6. The van der Waals surface area contributed by atoms with Gasteiger partial charge in [-0.1, -0.05) is 17.7 Å². The van der Waals surface area contributed by atoms with Gasteiger partial charge in [-0.25, -0.2) is 4.68 Å². The zero-order chi connectivity index (χ0) is 22.1. The van der Waals surface area contributed by atoms with Crippen molar-refractivity contribution in [3.63, 3.8) is 0 Å². The minimum Gasteiger partial charge on any atom is -0.480 e. The smallest absolute Gasteiger partial charge is 0.322 e. The first-order valence-electron chi connectivity index (χ1n) is 10.9. The molecule has 3 heterocycles. The van der Waals surface area contributed by atoms with E-state index in [0.29, 0.717) is 53.0 Å². The maximum Gasteiger partial charge on any atom is 0.322 e. The zero-order valence-electron chi connectivity index (χ0n) is 18.1. The third kappa shape index (κ3) is 4.17. The second kappa shape index (κ2) is 8.82. The van der Waals surface area contributed by atoms with E-state index in [1.165, 1.54) is 12.8 Å². The molecule has 9 nitrogen and oxygen atoms in total. The Labute approximate surface area is 191 Å². The number of halogens is 1. The molecule has 1 saturated carbocycles. The third-order valence-corrected chi connectivity index (χ3v) is 6.50. The molecule has 1 N–H and O–H groups in total. The molecule has 5 rings (SSSR count). The molecule has 0 spiro atoms. The number of nitrogens with one attached hydrogen (secondary N) is 1. The number of fused-ring (bicyclic) bond motifs is 2. The Morgan fingerprint density at radius 2 is 2.00 bits per heavy atom. The number of methoxy groups -OCH3 is 1. The van der Waals surface area contributed by atoms with Gasteiger partial charge in [0.2, 0.25) is 11.8 Å². The summed E-state index contributed by atoms with van der Waals surface area (Å²) in [6.07, 6.45) is 4.16. The Bertz CT molecular complexity index is 1080. The SMILES string of the molecule is CCn1nc(NC2C3CCC2CN(c2cnnc(OC)c2)C3)nc1Oc1cccc(Cl)c1. The van der Waals surface area contributed by atoms with Gasteiger partial charge in [-0.05, 0) is 49.8 Å². The molecule has 0 radical (unpaired) electrons. The number of rotatable bonds is 7. The summed E-state index contributed by atoms with van der Waals surface area (Å²) in [5.41, 5.74) is 1.05. The summed E-state index contributed by atoms with van der Waals surface area (Å²) in [4.78, 5) is 7.00. The molecule has 1 aliphatic heterocycles. The molecular weight excluding hydrogens is 430 g/mol. The van der Waals surface area contributed by atoms with Gasteiger partial charge in [-0.2, -0.15) is 10.1 Å². The van der Waals surface area contributed by atoms with Gasteiger partial charge in [0, 0.05) is 36.8 Å². The maximum atomic E-state index is 6.08. The number of anilines is 2. The molecule has 2 aromatic heterocycles. The standard InChI is InChI=1S/C22H26ClN7O2/c1-3-30-22(32-18-6-4-5-16(23)9-18)26-21(28-30)25-20-14-7-8-15(20)13-29(12-14)17-10-19(31-2)27-24-11-17/h4-6,9-11,14-15,20H,3,7-8,12-13H2,1-2H3,(H,25,28). The van der Waals surface area contributed by atoms with Gasteiger partial charge in [0.05, 0.1) is 19.0 Å². The lowest BCUT2D eigenvalue weighted by Gasteiger charge is -2.39. The monoisotopic (exact) mass is 455 g/mol. The molecule has 10 heteroatoms. The van der Waals surface area contributed by atoms with E-state index >= 15 is 0 Å². The molecule has 32 heavy (non-hydrogen) atoms. The van der Waals surface area contributed by atoms with Crippen LogP contribution >= 0.6 is 11.6 Å². The fourth-order valence-corrected chi connectivity index (χ4v) is 4.91. The van der Waals surface area contributed by atoms with Gasteiger partial charge in [0.25, 0.3) is 0 Å². The second-order valence-corrected chi connectivity index (χ2v) is 8.66. The van der Waals surface area contributed by atoms with Crippen molar-refractivity contribution < 1.29 is 9.47 Å². The van der Waals surface area contributed by atoms with Crippen molar-refractivity contribution in [1.82, 2.24) is 25.0 Å². The first kappa shape index (κ1) is 20.8. The number of ether oxygens (including phenoxy) is 2. The summed E-state index contributed by atoms with van der Waals surface area (Å²) in [6, 6.07) is 10.0.